The van der Waals surface area contributed by atoms with Gasteiger partial charge in [0.1, 0.15) is 6.26 Å². The molecule has 0 fully saturated rings. The second-order valence-corrected chi connectivity index (χ2v) is 3.77. The van der Waals surface area contributed by atoms with Crippen molar-refractivity contribution in [2.75, 3.05) is 0 Å². The quantitative estimate of drug-likeness (QED) is 0.577. The number of hydrogen-bond donors (Lipinski definition) is 0. The van der Waals surface area contributed by atoms with Crippen molar-refractivity contribution in [3.05, 3.63) is 59.2 Å². The molecule has 1 heterocycles. The molecule has 0 aliphatic rings. The summed E-state index contributed by atoms with van der Waals surface area (Å²) in [5, 5.41) is 1.98. The van der Waals surface area contributed by atoms with Crippen LogP contribution in [0.3, 0.4) is 0 Å². The van der Waals surface area contributed by atoms with E-state index < -0.39 is 0 Å². The standard InChI is InChI=1S/C14H14O2/c1-2-3-4-9-13-12-8-6-5-7-11(12)10-16-14(13)15/h2,5-8,10H,1,3-4,9H2. The van der Waals surface area contributed by atoms with Crippen LogP contribution in [0.4, 0.5) is 0 Å². The number of aryl methyl sites for hydroxylation is 1. The van der Waals surface area contributed by atoms with Crippen LogP contribution in [0.1, 0.15) is 18.4 Å². The molecule has 0 spiro atoms. The Balaban J connectivity index is 2.44. The third-order valence-electron chi connectivity index (χ3n) is 2.66. The molecule has 0 atom stereocenters. The predicted octanol–water partition coefficient (Wildman–Crippen LogP) is 3.30. The molecule has 16 heavy (non-hydrogen) atoms. The number of rotatable bonds is 4. The highest BCUT2D eigenvalue weighted by molar-refractivity contribution is 5.84. The lowest BCUT2D eigenvalue weighted by atomic mass is 10.0. The molecular weight excluding hydrogens is 200 g/mol. The van der Waals surface area contributed by atoms with Gasteiger partial charge in [-0.05, 0) is 24.6 Å². The Kier molecular flexibility index (Phi) is 3.20. The number of benzene rings is 1. The van der Waals surface area contributed by atoms with Gasteiger partial charge in [0.05, 0.1) is 0 Å². The van der Waals surface area contributed by atoms with E-state index in [1.807, 2.05) is 30.3 Å². The third-order valence-corrected chi connectivity index (χ3v) is 2.66. The van der Waals surface area contributed by atoms with Gasteiger partial charge >= 0.3 is 5.63 Å². The van der Waals surface area contributed by atoms with Crippen LogP contribution < -0.4 is 5.63 Å². The first-order valence-electron chi connectivity index (χ1n) is 5.43. The molecule has 0 N–H and O–H groups in total. The summed E-state index contributed by atoms with van der Waals surface area (Å²) in [4.78, 5) is 11.6. The molecule has 2 nitrogen and oxygen atoms in total. The Morgan fingerprint density at radius 3 is 2.94 bits per heavy atom. The summed E-state index contributed by atoms with van der Waals surface area (Å²) in [6.07, 6.45) is 5.99. The van der Waals surface area contributed by atoms with E-state index in [0.717, 1.165) is 35.6 Å². The van der Waals surface area contributed by atoms with E-state index in [1.165, 1.54) is 6.26 Å². The number of unbranched alkanes of at least 4 members (excludes halogenated alkanes) is 1. The fourth-order valence-corrected chi connectivity index (χ4v) is 1.83. The molecule has 2 heteroatoms. The van der Waals surface area contributed by atoms with Crippen molar-refractivity contribution in [2.24, 2.45) is 0 Å². The summed E-state index contributed by atoms with van der Waals surface area (Å²) in [5.74, 6) is 0. The van der Waals surface area contributed by atoms with Crippen LogP contribution in [-0.2, 0) is 6.42 Å². The van der Waals surface area contributed by atoms with E-state index >= 15 is 0 Å². The molecule has 0 unspecified atom stereocenters. The van der Waals surface area contributed by atoms with Crippen LogP contribution in [-0.4, -0.2) is 0 Å². The molecule has 0 aliphatic heterocycles. The zero-order valence-electron chi connectivity index (χ0n) is 9.11. The minimum atomic E-state index is -0.220. The van der Waals surface area contributed by atoms with Crippen molar-refractivity contribution < 1.29 is 4.42 Å². The van der Waals surface area contributed by atoms with Gasteiger partial charge in [-0.25, -0.2) is 4.79 Å². The van der Waals surface area contributed by atoms with Crippen molar-refractivity contribution in [3.63, 3.8) is 0 Å². The summed E-state index contributed by atoms with van der Waals surface area (Å²) in [5.41, 5.74) is 0.558. The maximum Gasteiger partial charge on any atom is 0.339 e. The monoisotopic (exact) mass is 214 g/mol. The average molecular weight is 214 g/mol. The Bertz CT molecular complexity index is 552. The molecule has 1 aromatic heterocycles. The van der Waals surface area contributed by atoms with Gasteiger partial charge in [0.25, 0.3) is 0 Å². The first-order valence-corrected chi connectivity index (χ1v) is 5.43. The Morgan fingerprint density at radius 1 is 1.31 bits per heavy atom. The predicted molar refractivity (Wildman–Crippen MR) is 65.6 cm³/mol. The van der Waals surface area contributed by atoms with E-state index in [-0.39, 0.29) is 5.63 Å². The SMILES string of the molecule is C=CCCCc1c(=O)occ2ccccc12. The Morgan fingerprint density at radius 2 is 2.12 bits per heavy atom. The van der Waals surface area contributed by atoms with E-state index in [9.17, 15) is 4.79 Å². The molecule has 82 valence electrons. The normalized spacial score (nSPS) is 10.5. The summed E-state index contributed by atoms with van der Waals surface area (Å²) in [7, 11) is 0. The van der Waals surface area contributed by atoms with Crippen molar-refractivity contribution in [3.8, 4) is 0 Å². The minimum Gasteiger partial charge on any atom is -0.430 e. The molecule has 0 saturated carbocycles. The molecule has 0 saturated heterocycles. The first-order chi connectivity index (χ1) is 7.83. The zero-order valence-corrected chi connectivity index (χ0v) is 9.11. The molecule has 2 rings (SSSR count). The first kappa shape index (κ1) is 10.7. The molecular formula is C14H14O2. The van der Waals surface area contributed by atoms with Crippen LogP contribution in [0.2, 0.25) is 0 Å². The smallest absolute Gasteiger partial charge is 0.339 e. The number of fused-ring (bicyclic) bond motifs is 1. The van der Waals surface area contributed by atoms with Crippen LogP contribution in [0.15, 0.2) is 52.4 Å². The van der Waals surface area contributed by atoms with Gasteiger partial charge in [-0.15, -0.1) is 6.58 Å². The lowest BCUT2D eigenvalue weighted by Gasteiger charge is -2.03. The molecule has 1 aromatic carbocycles. The summed E-state index contributed by atoms with van der Waals surface area (Å²) in [6.45, 7) is 3.68. The van der Waals surface area contributed by atoms with Gasteiger partial charge in [-0.1, -0.05) is 30.3 Å². The summed E-state index contributed by atoms with van der Waals surface area (Å²) in [6, 6.07) is 7.80. The van der Waals surface area contributed by atoms with Gasteiger partial charge in [0.15, 0.2) is 0 Å². The Labute approximate surface area is 94.2 Å². The highest BCUT2D eigenvalue weighted by Crippen LogP contribution is 2.17. The lowest BCUT2D eigenvalue weighted by molar-refractivity contribution is 0.508. The maximum atomic E-state index is 11.6. The van der Waals surface area contributed by atoms with Crippen LogP contribution >= 0.6 is 0 Å². The van der Waals surface area contributed by atoms with Crippen molar-refractivity contribution in [1.29, 1.82) is 0 Å². The highest BCUT2D eigenvalue weighted by Gasteiger charge is 2.06. The van der Waals surface area contributed by atoms with Crippen LogP contribution in [0.5, 0.6) is 0 Å². The average Bonchev–Trinajstić information content (AvgIpc) is 2.32. The minimum absolute atomic E-state index is 0.220. The van der Waals surface area contributed by atoms with Gasteiger partial charge in [-0.3, -0.25) is 0 Å². The Hall–Kier alpha value is -1.83. The fourth-order valence-electron chi connectivity index (χ4n) is 1.83. The topological polar surface area (TPSA) is 30.2 Å². The maximum absolute atomic E-state index is 11.6. The third kappa shape index (κ3) is 2.06. The van der Waals surface area contributed by atoms with Gasteiger partial charge in [0, 0.05) is 10.9 Å². The highest BCUT2D eigenvalue weighted by atomic mass is 16.4. The lowest BCUT2D eigenvalue weighted by Crippen LogP contribution is -2.07. The van der Waals surface area contributed by atoms with E-state index in [1.54, 1.807) is 0 Å². The molecule has 2 aromatic rings. The van der Waals surface area contributed by atoms with E-state index in [0.29, 0.717) is 0 Å². The molecule has 0 radical (unpaired) electrons. The zero-order chi connectivity index (χ0) is 11.4. The van der Waals surface area contributed by atoms with Crippen molar-refractivity contribution >= 4 is 10.8 Å². The van der Waals surface area contributed by atoms with Crippen molar-refractivity contribution in [2.45, 2.75) is 19.3 Å². The van der Waals surface area contributed by atoms with Crippen LogP contribution in [0, 0.1) is 0 Å². The summed E-state index contributed by atoms with van der Waals surface area (Å²) < 4.78 is 5.02. The fraction of sp³-hybridized carbons (Fsp3) is 0.214. The number of hydrogen-bond acceptors (Lipinski definition) is 2. The van der Waals surface area contributed by atoms with Gasteiger partial charge in [0.2, 0.25) is 0 Å². The second kappa shape index (κ2) is 4.79. The molecule has 0 bridgehead atoms. The van der Waals surface area contributed by atoms with Crippen molar-refractivity contribution in [1.82, 2.24) is 0 Å². The largest absolute Gasteiger partial charge is 0.430 e. The van der Waals surface area contributed by atoms with Gasteiger partial charge in [-0.2, -0.15) is 0 Å². The summed E-state index contributed by atoms with van der Waals surface area (Å²) >= 11 is 0. The second-order valence-electron chi connectivity index (χ2n) is 3.77. The van der Waals surface area contributed by atoms with E-state index in [4.69, 9.17) is 4.42 Å². The molecule has 0 amide bonds. The van der Waals surface area contributed by atoms with Gasteiger partial charge < -0.3 is 4.42 Å². The molecule has 0 aliphatic carbocycles. The number of allylic oxidation sites excluding steroid dienone is 1. The van der Waals surface area contributed by atoms with Crippen LogP contribution in [0.25, 0.3) is 10.8 Å². The van der Waals surface area contributed by atoms with E-state index in [2.05, 4.69) is 6.58 Å².